The van der Waals surface area contributed by atoms with Gasteiger partial charge in [-0.15, -0.1) is 0 Å². The molecule has 0 saturated carbocycles. The number of hydrogen-bond donors (Lipinski definition) is 0. The van der Waals surface area contributed by atoms with Gasteiger partial charge in [-0.3, -0.25) is 14.8 Å². The van der Waals surface area contributed by atoms with Gasteiger partial charge in [0.2, 0.25) is 0 Å². The molecule has 1 atom stereocenters. The van der Waals surface area contributed by atoms with E-state index in [2.05, 4.69) is 9.97 Å². The van der Waals surface area contributed by atoms with Crippen LogP contribution in [0.1, 0.15) is 33.9 Å². The van der Waals surface area contributed by atoms with Crippen molar-refractivity contribution >= 4 is 22.7 Å². The van der Waals surface area contributed by atoms with Crippen molar-refractivity contribution in [1.29, 1.82) is 0 Å². The number of carbonyl (C=O) groups excluding carboxylic acids is 1. The maximum absolute atomic E-state index is 13.4. The summed E-state index contributed by atoms with van der Waals surface area (Å²) in [6, 6.07) is 18.4. The number of rotatable bonds is 4. The molecule has 1 aliphatic heterocycles. The number of methoxy groups -OCH3 is 1. The van der Waals surface area contributed by atoms with Crippen molar-refractivity contribution < 1.29 is 13.9 Å². The first-order valence-corrected chi connectivity index (χ1v) is 10.1. The normalized spacial score (nSPS) is 15.6. The zero-order valence-corrected chi connectivity index (χ0v) is 17.3. The van der Waals surface area contributed by atoms with Gasteiger partial charge < -0.3 is 4.74 Å². The molecule has 1 amide bonds. The fourth-order valence-electron chi connectivity index (χ4n) is 3.93. The van der Waals surface area contributed by atoms with Gasteiger partial charge in [-0.1, -0.05) is 24.3 Å². The molecule has 0 aliphatic carbocycles. The van der Waals surface area contributed by atoms with Crippen molar-refractivity contribution in [3.8, 4) is 5.75 Å². The van der Waals surface area contributed by atoms with Crippen LogP contribution in [0.15, 0.2) is 84.2 Å². The number of aromatic nitrogens is 2. The van der Waals surface area contributed by atoms with Crippen molar-refractivity contribution in [2.75, 3.05) is 7.11 Å². The van der Waals surface area contributed by atoms with Crippen LogP contribution >= 0.6 is 0 Å². The summed E-state index contributed by atoms with van der Waals surface area (Å²) >= 11 is 0. The maximum atomic E-state index is 13.4. The Hall–Kier alpha value is -4.13. The summed E-state index contributed by atoms with van der Waals surface area (Å²) < 4.78 is 18.8. The van der Waals surface area contributed by atoms with Crippen LogP contribution in [0.3, 0.4) is 0 Å². The molecule has 2 heterocycles. The molecule has 5 rings (SSSR count). The van der Waals surface area contributed by atoms with Crippen LogP contribution < -0.4 is 4.74 Å². The second-order valence-electron chi connectivity index (χ2n) is 7.43. The predicted molar refractivity (Wildman–Crippen MR) is 119 cm³/mol. The Balaban J connectivity index is 1.61. The topological polar surface area (TPSA) is 67.7 Å². The van der Waals surface area contributed by atoms with Crippen LogP contribution in [0.4, 0.5) is 4.39 Å². The second-order valence-corrected chi connectivity index (χ2v) is 7.43. The third-order valence-corrected chi connectivity index (χ3v) is 5.50. The predicted octanol–water partition coefficient (Wildman–Crippen LogP) is 4.77. The first-order valence-electron chi connectivity index (χ1n) is 10.1. The fraction of sp³-hybridized carbons (Fsp3) is 0.120. The number of ether oxygens (including phenoxy) is 1. The number of carbonyl (C=O) groups is 1. The van der Waals surface area contributed by atoms with Crippen molar-refractivity contribution in [2.24, 2.45) is 5.10 Å². The minimum atomic E-state index is -0.399. The molecule has 4 aromatic rings. The van der Waals surface area contributed by atoms with Gasteiger partial charge in [-0.2, -0.15) is 5.10 Å². The molecule has 1 aromatic heterocycles. The van der Waals surface area contributed by atoms with Gasteiger partial charge in [0.1, 0.15) is 11.6 Å². The van der Waals surface area contributed by atoms with E-state index in [1.165, 1.54) is 29.3 Å². The fourth-order valence-corrected chi connectivity index (χ4v) is 3.93. The number of halogens is 1. The molecule has 0 fully saturated rings. The van der Waals surface area contributed by atoms with Crippen LogP contribution in [-0.4, -0.2) is 33.7 Å². The van der Waals surface area contributed by atoms with Crippen molar-refractivity contribution in [3.05, 3.63) is 102 Å². The summed E-state index contributed by atoms with van der Waals surface area (Å²) in [5.74, 6) is -0.000649. The standard InChI is InChI=1S/C25H19FN4O2/c1-32-19-5-2-4-17(14-19)22-15-23(20-6-3-7-21-24(20)28-13-12-27-21)30(29-22)25(31)16-8-10-18(26)11-9-16/h2-14,23H,15H2,1H3/t23-/m0/s1. The largest absolute Gasteiger partial charge is 0.497 e. The van der Waals surface area contributed by atoms with Crippen molar-refractivity contribution in [2.45, 2.75) is 12.5 Å². The Morgan fingerprint density at radius 1 is 1.03 bits per heavy atom. The van der Waals surface area contributed by atoms with Gasteiger partial charge in [0.25, 0.3) is 5.91 Å². The zero-order chi connectivity index (χ0) is 22.1. The summed E-state index contributed by atoms with van der Waals surface area (Å²) in [4.78, 5) is 22.3. The smallest absolute Gasteiger partial charge is 0.274 e. The highest BCUT2D eigenvalue weighted by Crippen LogP contribution is 2.36. The van der Waals surface area contributed by atoms with Crippen molar-refractivity contribution in [1.82, 2.24) is 15.0 Å². The summed E-state index contributed by atoms with van der Waals surface area (Å²) in [6.45, 7) is 0. The van der Waals surface area contributed by atoms with E-state index in [0.717, 1.165) is 27.9 Å². The molecule has 158 valence electrons. The summed E-state index contributed by atoms with van der Waals surface area (Å²) in [5, 5.41) is 6.16. The maximum Gasteiger partial charge on any atom is 0.274 e. The molecular weight excluding hydrogens is 407 g/mol. The lowest BCUT2D eigenvalue weighted by Gasteiger charge is -2.22. The number of hydrazone groups is 1. The monoisotopic (exact) mass is 426 g/mol. The van der Waals surface area contributed by atoms with E-state index in [-0.39, 0.29) is 11.9 Å². The molecule has 3 aromatic carbocycles. The SMILES string of the molecule is COc1cccc(C2=NN(C(=O)c3ccc(F)cc3)[C@H](c3cccc4nccnc34)C2)c1. The molecule has 0 radical (unpaired) electrons. The van der Waals surface area contributed by atoms with Gasteiger partial charge in [-0.05, 0) is 42.5 Å². The second kappa shape index (κ2) is 8.19. The van der Waals surface area contributed by atoms with E-state index < -0.39 is 5.82 Å². The number of fused-ring (bicyclic) bond motifs is 1. The third-order valence-electron chi connectivity index (χ3n) is 5.50. The van der Waals surface area contributed by atoms with E-state index in [4.69, 9.17) is 9.84 Å². The highest BCUT2D eigenvalue weighted by molar-refractivity contribution is 6.05. The highest BCUT2D eigenvalue weighted by Gasteiger charge is 2.35. The number of benzene rings is 3. The molecule has 1 aliphatic rings. The average molecular weight is 426 g/mol. The van der Waals surface area contributed by atoms with Crippen LogP contribution in [0.25, 0.3) is 11.0 Å². The summed E-state index contributed by atoms with van der Waals surface area (Å²) in [5.41, 5.74) is 4.31. The van der Waals surface area contributed by atoms with E-state index in [1.54, 1.807) is 19.5 Å². The van der Waals surface area contributed by atoms with Crippen LogP contribution in [0.5, 0.6) is 5.75 Å². The minimum absolute atomic E-state index is 0.311. The molecule has 7 heteroatoms. The molecule has 6 nitrogen and oxygen atoms in total. The number of para-hydroxylation sites is 1. The van der Waals surface area contributed by atoms with E-state index >= 15 is 0 Å². The Kier molecular flexibility index (Phi) is 5.07. The first-order chi connectivity index (χ1) is 15.6. The lowest BCUT2D eigenvalue weighted by atomic mass is 9.96. The molecule has 32 heavy (non-hydrogen) atoms. The number of nitrogens with zero attached hydrogens (tertiary/aromatic N) is 4. The van der Waals surface area contributed by atoms with Crippen LogP contribution in [0.2, 0.25) is 0 Å². The molecule has 0 saturated heterocycles. The summed E-state index contributed by atoms with van der Waals surface area (Å²) in [6.07, 6.45) is 3.77. The van der Waals surface area contributed by atoms with E-state index in [0.29, 0.717) is 17.7 Å². The van der Waals surface area contributed by atoms with Crippen molar-refractivity contribution in [3.63, 3.8) is 0 Å². The number of hydrogen-bond acceptors (Lipinski definition) is 5. The van der Waals surface area contributed by atoms with Gasteiger partial charge in [-0.25, -0.2) is 9.40 Å². The summed E-state index contributed by atoms with van der Waals surface area (Å²) in [7, 11) is 1.61. The third kappa shape index (κ3) is 3.58. The van der Waals surface area contributed by atoms with Gasteiger partial charge in [0.05, 0.1) is 29.9 Å². The minimum Gasteiger partial charge on any atom is -0.497 e. The molecule has 0 unspecified atom stereocenters. The highest BCUT2D eigenvalue weighted by atomic mass is 19.1. The molecule has 0 N–H and O–H groups in total. The Bertz CT molecular complexity index is 1330. The quantitative estimate of drug-likeness (QED) is 0.472. The number of amides is 1. The van der Waals surface area contributed by atoms with E-state index in [1.807, 2.05) is 42.5 Å². The van der Waals surface area contributed by atoms with Gasteiger partial charge in [0.15, 0.2) is 0 Å². The Labute approximate surface area is 184 Å². The Morgan fingerprint density at radius 2 is 1.81 bits per heavy atom. The lowest BCUT2D eigenvalue weighted by Crippen LogP contribution is -2.27. The van der Waals surface area contributed by atoms with Crippen LogP contribution in [0, 0.1) is 5.82 Å². The zero-order valence-electron chi connectivity index (χ0n) is 17.3. The molecule has 0 bridgehead atoms. The van der Waals surface area contributed by atoms with E-state index in [9.17, 15) is 9.18 Å². The first kappa shape index (κ1) is 19.8. The lowest BCUT2D eigenvalue weighted by molar-refractivity contribution is 0.0712. The van der Waals surface area contributed by atoms with Crippen LogP contribution in [-0.2, 0) is 0 Å². The average Bonchev–Trinajstić information content (AvgIpc) is 3.29. The Morgan fingerprint density at radius 3 is 2.62 bits per heavy atom. The molecular formula is C25H19FN4O2. The van der Waals surface area contributed by atoms with Gasteiger partial charge >= 0.3 is 0 Å². The molecule has 0 spiro atoms. The van der Waals surface area contributed by atoms with Gasteiger partial charge in [0, 0.05) is 35.5 Å².